The van der Waals surface area contributed by atoms with E-state index in [2.05, 4.69) is 5.32 Å². The number of Topliss-reactive ketones (excluding diaryl/α,β-unsaturated/α-hetero) is 1. The average molecular weight is 329 g/mol. The number of carboxylic acid groups (broad SMARTS) is 1. The number of hydrogen-bond donors (Lipinski definition) is 3. The molecule has 3 N–H and O–H groups in total. The average Bonchev–Trinajstić information content (AvgIpc) is 2.50. The molecule has 1 amide bonds. The molecule has 7 nitrogen and oxygen atoms in total. The molecule has 0 heterocycles. The fourth-order valence-electron chi connectivity index (χ4n) is 1.95. The maximum atomic E-state index is 11.4. The van der Waals surface area contributed by atoms with Crippen LogP contribution in [0.2, 0.25) is 0 Å². The van der Waals surface area contributed by atoms with E-state index in [-0.39, 0.29) is 17.1 Å². The molecule has 2 rings (SSSR count). The third kappa shape index (κ3) is 4.57. The van der Waals surface area contributed by atoms with Crippen LogP contribution in [-0.4, -0.2) is 27.9 Å². The van der Waals surface area contributed by atoms with E-state index in [1.807, 2.05) is 0 Å². The molecule has 24 heavy (non-hydrogen) atoms. The maximum absolute atomic E-state index is 11.4. The molecule has 0 spiro atoms. The van der Waals surface area contributed by atoms with Crippen LogP contribution in [0.25, 0.3) is 0 Å². The lowest BCUT2D eigenvalue weighted by Crippen LogP contribution is -2.15. The monoisotopic (exact) mass is 329 g/mol. The molecular weight excluding hydrogens is 314 g/mol. The second-order valence-electron chi connectivity index (χ2n) is 4.98. The molecule has 0 atom stereocenters. The maximum Gasteiger partial charge on any atom is 0.312 e. The van der Waals surface area contributed by atoms with Crippen molar-refractivity contribution in [1.82, 2.24) is 0 Å². The first-order valence-corrected chi connectivity index (χ1v) is 6.98. The van der Waals surface area contributed by atoms with Crippen LogP contribution in [0, 0.1) is 0 Å². The molecule has 0 unspecified atom stereocenters. The topological polar surface area (TPSA) is 113 Å². The summed E-state index contributed by atoms with van der Waals surface area (Å²) in [5.41, 5.74) is 0.591. The molecule has 0 aliphatic rings. The minimum absolute atomic E-state index is 0.119. The summed E-state index contributed by atoms with van der Waals surface area (Å²) in [4.78, 5) is 33.2. The molecule has 0 aliphatic heterocycles. The molecule has 2 aromatic rings. The van der Waals surface area contributed by atoms with Gasteiger partial charge in [0.05, 0.1) is 5.56 Å². The van der Waals surface area contributed by atoms with Crippen LogP contribution in [-0.2, 0) is 9.59 Å². The number of amides is 1. The number of rotatable bonds is 6. The summed E-state index contributed by atoms with van der Waals surface area (Å²) in [5, 5.41) is 20.6. The molecule has 0 saturated heterocycles. The van der Waals surface area contributed by atoms with E-state index in [4.69, 9.17) is 9.84 Å². The molecule has 7 heteroatoms. The summed E-state index contributed by atoms with van der Waals surface area (Å²) < 4.78 is 5.58. The Morgan fingerprint density at radius 1 is 1.04 bits per heavy atom. The van der Waals surface area contributed by atoms with E-state index in [9.17, 15) is 19.5 Å². The van der Waals surface area contributed by atoms with Crippen molar-refractivity contribution in [2.75, 3.05) is 5.32 Å². The highest BCUT2D eigenvalue weighted by atomic mass is 16.5. The first kappa shape index (κ1) is 17.0. The van der Waals surface area contributed by atoms with Gasteiger partial charge >= 0.3 is 5.97 Å². The largest absolute Gasteiger partial charge is 0.507 e. The van der Waals surface area contributed by atoms with E-state index in [0.29, 0.717) is 17.2 Å². The van der Waals surface area contributed by atoms with Gasteiger partial charge in [0.25, 0.3) is 0 Å². The molecule has 0 fully saturated rings. The van der Waals surface area contributed by atoms with Crippen molar-refractivity contribution in [1.29, 1.82) is 0 Å². The van der Waals surface area contributed by atoms with Gasteiger partial charge in [-0.05, 0) is 49.4 Å². The lowest BCUT2D eigenvalue weighted by molar-refractivity contribution is -0.139. The number of carbonyl (C=O) groups is 3. The second-order valence-corrected chi connectivity index (χ2v) is 4.98. The molecule has 0 radical (unpaired) electrons. The molecule has 0 bridgehead atoms. The number of ether oxygens (including phenoxy) is 1. The summed E-state index contributed by atoms with van der Waals surface area (Å²) in [6.07, 6.45) is -0.612. The standard InChI is InChI=1S/C17H15NO6/c1-10(19)14-8-13(6-7-15(14)20)24-12-4-2-11(3-5-12)18-16(21)9-17(22)23/h2-8,20H,9H2,1H3,(H,18,21)(H,22,23). The Morgan fingerprint density at radius 2 is 1.67 bits per heavy atom. The van der Waals surface area contributed by atoms with Gasteiger partial charge in [-0.2, -0.15) is 0 Å². The van der Waals surface area contributed by atoms with Gasteiger partial charge in [0.15, 0.2) is 5.78 Å². The first-order chi connectivity index (χ1) is 11.3. The van der Waals surface area contributed by atoms with Gasteiger partial charge in [-0.1, -0.05) is 0 Å². The van der Waals surface area contributed by atoms with Crippen molar-refractivity contribution < 1.29 is 29.3 Å². The van der Waals surface area contributed by atoms with E-state index >= 15 is 0 Å². The zero-order valence-corrected chi connectivity index (χ0v) is 12.8. The molecule has 0 aliphatic carbocycles. The van der Waals surface area contributed by atoms with Gasteiger partial charge in [0.1, 0.15) is 23.7 Å². The predicted molar refractivity (Wildman–Crippen MR) is 85.5 cm³/mol. The van der Waals surface area contributed by atoms with Crippen LogP contribution < -0.4 is 10.1 Å². The minimum Gasteiger partial charge on any atom is -0.507 e. The number of aromatic hydroxyl groups is 1. The summed E-state index contributed by atoms with van der Waals surface area (Å²) in [5.74, 6) is -1.41. The fourth-order valence-corrected chi connectivity index (χ4v) is 1.95. The Morgan fingerprint density at radius 3 is 2.25 bits per heavy atom. The van der Waals surface area contributed by atoms with Gasteiger partial charge in [0.2, 0.25) is 5.91 Å². The number of anilines is 1. The van der Waals surface area contributed by atoms with Crippen molar-refractivity contribution in [3.63, 3.8) is 0 Å². The van der Waals surface area contributed by atoms with Gasteiger partial charge in [0, 0.05) is 5.69 Å². The Balaban J connectivity index is 2.06. The fraction of sp³-hybridized carbons (Fsp3) is 0.118. The van der Waals surface area contributed by atoms with Crippen molar-refractivity contribution >= 4 is 23.3 Å². The third-order valence-corrected chi connectivity index (χ3v) is 3.03. The summed E-state index contributed by atoms with van der Waals surface area (Å²) in [6, 6.07) is 10.6. The normalized spacial score (nSPS) is 10.0. The van der Waals surface area contributed by atoms with E-state index < -0.39 is 18.3 Å². The van der Waals surface area contributed by atoms with E-state index in [0.717, 1.165) is 0 Å². The van der Waals surface area contributed by atoms with Crippen LogP contribution in [0.1, 0.15) is 23.7 Å². The number of ketones is 1. The number of aliphatic carboxylic acids is 1. The number of nitrogens with one attached hydrogen (secondary N) is 1. The predicted octanol–water partition coefficient (Wildman–Crippen LogP) is 2.80. The molecule has 0 aromatic heterocycles. The van der Waals surface area contributed by atoms with Gasteiger partial charge < -0.3 is 20.3 Å². The third-order valence-electron chi connectivity index (χ3n) is 3.03. The zero-order valence-electron chi connectivity index (χ0n) is 12.8. The first-order valence-electron chi connectivity index (χ1n) is 6.98. The minimum atomic E-state index is -1.21. The smallest absolute Gasteiger partial charge is 0.312 e. The van der Waals surface area contributed by atoms with Crippen LogP contribution in [0.5, 0.6) is 17.2 Å². The number of phenolic OH excluding ortho intramolecular Hbond substituents is 1. The summed E-state index contributed by atoms with van der Waals surface area (Å²) in [7, 11) is 0. The number of hydrogen-bond acceptors (Lipinski definition) is 5. The highest BCUT2D eigenvalue weighted by molar-refractivity contribution is 6.01. The Labute approximate surface area is 137 Å². The Bertz CT molecular complexity index is 782. The van der Waals surface area contributed by atoms with Gasteiger partial charge in [-0.15, -0.1) is 0 Å². The molecule has 0 saturated carbocycles. The zero-order chi connectivity index (χ0) is 17.7. The lowest BCUT2D eigenvalue weighted by Gasteiger charge is -2.09. The van der Waals surface area contributed by atoms with Crippen molar-refractivity contribution in [2.45, 2.75) is 13.3 Å². The molecular formula is C17H15NO6. The number of carboxylic acids is 1. The quantitative estimate of drug-likeness (QED) is 0.555. The van der Waals surface area contributed by atoms with E-state index in [1.165, 1.54) is 25.1 Å². The van der Waals surface area contributed by atoms with E-state index in [1.54, 1.807) is 24.3 Å². The van der Waals surface area contributed by atoms with Gasteiger partial charge in [-0.3, -0.25) is 14.4 Å². The Kier molecular flexibility index (Phi) is 5.16. The van der Waals surface area contributed by atoms with Crippen LogP contribution in [0.4, 0.5) is 5.69 Å². The van der Waals surface area contributed by atoms with Crippen molar-refractivity contribution in [3.05, 3.63) is 48.0 Å². The molecule has 124 valence electrons. The SMILES string of the molecule is CC(=O)c1cc(Oc2ccc(NC(=O)CC(=O)O)cc2)ccc1O. The highest BCUT2D eigenvalue weighted by Crippen LogP contribution is 2.28. The molecule has 2 aromatic carbocycles. The van der Waals surface area contributed by atoms with Gasteiger partial charge in [-0.25, -0.2) is 0 Å². The number of benzene rings is 2. The summed E-state index contributed by atoms with van der Waals surface area (Å²) in [6.45, 7) is 1.34. The van der Waals surface area contributed by atoms with Crippen LogP contribution >= 0.6 is 0 Å². The Hall–Kier alpha value is -3.35. The number of phenols is 1. The van der Waals surface area contributed by atoms with Crippen LogP contribution in [0.15, 0.2) is 42.5 Å². The number of carbonyl (C=O) groups excluding carboxylic acids is 2. The summed E-state index contributed by atoms with van der Waals surface area (Å²) >= 11 is 0. The highest BCUT2D eigenvalue weighted by Gasteiger charge is 2.10. The lowest BCUT2D eigenvalue weighted by atomic mass is 10.1. The van der Waals surface area contributed by atoms with Crippen molar-refractivity contribution in [2.24, 2.45) is 0 Å². The second kappa shape index (κ2) is 7.28. The van der Waals surface area contributed by atoms with Crippen molar-refractivity contribution in [3.8, 4) is 17.2 Å². The van der Waals surface area contributed by atoms with Crippen LogP contribution in [0.3, 0.4) is 0 Å².